The maximum atomic E-state index is 13.0. The van der Waals surface area contributed by atoms with Crippen LogP contribution >= 0.6 is 27.5 Å². The molecule has 0 aliphatic carbocycles. The van der Waals surface area contributed by atoms with Crippen LogP contribution in [0.2, 0.25) is 5.02 Å². The van der Waals surface area contributed by atoms with Gasteiger partial charge in [0.2, 0.25) is 0 Å². The highest BCUT2D eigenvalue weighted by Crippen LogP contribution is 2.31. The Balaban J connectivity index is 3.52. The summed E-state index contributed by atoms with van der Waals surface area (Å²) in [5.41, 5.74) is 5.13. The van der Waals surface area contributed by atoms with Crippen molar-refractivity contribution < 1.29 is 4.39 Å². The summed E-state index contributed by atoms with van der Waals surface area (Å²) in [5.74, 6) is -0.695. The number of rotatable bonds is 0. The van der Waals surface area contributed by atoms with Gasteiger partial charge in [0, 0.05) is 0 Å². The van der Waals surface area contributed by atoms with Crippen LogP contribution in [0.1, 0.15) is 5.56 Å². The van der Waals surface area contributed by atoms with Gasteiger partial charge in [-0.3, -0.25) is 0 Å². The van der Waals surface area contributed by atoms with Crippen molar-refractivity contribution in [3.63, 3.8) is 0 Å². The SMILES string of the molecule is N#Cc1cc(Cl)c(Br)c(F)c1N. The maximum absolute atomic E-state index is 13.0. The molecule has 62 valence electrons. The van der Waals surface area contributed by atoms with E-state index >= 15 is 0 Å². The standard InChI is InChI=1S/C7H3BrClFN2/c8-5-4(9)1-3(2-11)7(12)6(5)10/h1H,12H2. The lowest BCUT2D eigenvalue weighted by Gasteiger charge is -2.02. The Hall–Kier alpha value is -0.790. The maximum Gasteiger partial charge on any atom is 0.163 e. The molecule has 0 bridgehead atoms. The molecule has 0 radical (unpaired) electrons. The molecule has 5 heteroatoms. The van der Waals surface area contributed by atoms with E-state index in [2.05, 4.69) is 15.9 Å². The van der Waals surface area contributed by atoms with Crippen LogP contribution in [0.5, 0.6) is 0 Å². The van der Waals surface area contributed by atoms with Crippen molar-refractivity contribution in [3.05, 3.63) is 26.9 Å². The fraction of sp³-hybridized carbons (Fsp3) is 0. The molecule has 0 saturated carbocycles. The number of nitrogens with two attached hydrogens (primary N) is 1. The molecule has 1 aromatic rings. The third kappa shape index (κ3) is 1.38. The second-order valence-electron chi connectivity index (χ2n) is 2.06. The lowest BCUT2D eigenvalue weighted by Crippen LogP contribution is -1.96. The average molecular weight is 249 g/mol. The summed E-state index contributed by atoms with van der Waals surface area (Å²) in [6.45, 7) is 0. The minimum atomic E-state index is -0.695. The van der Waals surface area contributed by atoms with Crippen LogP contribution in [0.3, 0.4) is 0 Å². The van der Waals surface area contributed by atoms with Gasteiger partial charge < -0.3 is 5.73 Å². The molecule has 0 aliphatic heterocycles. The Morgan fingerprint density at radius 3 is 2.75 bits per heavy atom. The summed E-state index contributed by atoms with van der Waals surface area (Å²) in [4.78, 5) is 0. The largest absolute Gasteiger partial charge is 0.395 e. The molecule has 2 N–H and O–H groups in total. The molecule has 0 saturated heterocycles. The molecular formula is C7H3BrClFN2. The molecule has 0 heterocycles. The fourth-order valence-corrected chi connectivity index (χ4v) is 1.22. The number of nitrogens with zero attached hydrogens (tertiary/aromatic N) is 1. The second kappa shape index (κ2) is 3.30. The summed E-state index contributed by atoms with van der Waals surface area (Å²) in [6.07, 6.45) is 0. The van der Waals surface area contributed by atoms with E-state index in [9.17, 15) is 4.39 Å². The van der Waals surface area contributed by atoms with Gasteiger partial charge in [-0.15, -0.1) is 0 Å². The third-order valence-corrected chi connectivity index (χ3v) is 2.62. The van der Waals surface area contributed by atoms with Crippen molar-refractivity contribution in [2.45, 2.75) is 0 Å². The first-order chi connectivity index (χ1) is 5.57. The molecule has 0 amide bonds. The van der Waals surface area contributed by atoms with Crippen molar-refractivity contribution in [2.24, 2.45) is 0 Å². The van der Waals surface area contributed by atoms with Crippen molar-refractivity contribution in [3.8, 4) is 6.07 Å². The van der Waals surface area contributed by atoms with E-state index in [4.69, 9.17) is 22.6 Å². The molecular weight excluding hydrogens is 246 g/mol. The average Bonchev–Trinajstić information content (AvgIpc) is 2.08. The van der Waals surface area contributed by atoms with Gasteiger partial charge in [0.15, 0.2) is 5.82 Å². The number of halogens is 3. The predicted molar refractivity (Wildman–Crippen MR) is 48.2 cm³/mol. The molecule has 0 aromatic heterocycles. The van der Waals surface area contributed by atoms with E-state index in [0.29, 0.717) is 0 Å². The minimum Gasteiger partial charge on any atom is -0.395 e. The highest BCUT2D eigenvalue weighted by Gasteiger charge is 2.12. The van der Waals surface area contributed by atoms with Gasteiger partial charge in [-0.1, -0.05) is 11.6 Å². The van der Waals surface area contributed by atoms with E-state index in [1.54, 1.807) is 6.07 Å². The van der Waals surface area contributed by atoms with Gasteiger partial charge in [-0.25, -0.2) is 4.39 Å². The topological polar surface area (TPSA) is 49.8 Å². The van der Waals surface area contributed by atoms with Crippen LogP contribution in [0.15, 0.2) is 10.5 Å². The van der Waals surface area contributed by atoms with Crippen molar-refractivity contribution >= 4 is 33.2 Å². The van der Waals surface area contributed by atoms with Crippen LogP contribution in [0.4, 0.5) is 10.1 Å². The molecule has 1 rings (SSSR count). The quantitative estimate of drug-likeness (QED) is 0.568. The molecule has 0 spiro atoms. The number of hydrogen-bond acceptors (Lipinski definition) is 2. The highest BCUT2D eigenvalue weighted by atomic mass is 79.9. The van der Waals surface area contributed by atoms with Crippen LogP contribution in [0.25, 0.3) is 0 Å². The first kappa shape index (κ1) is 9.30. The number of benzene rings is 1. The van der Waals surface area contributed by atoms with Crippen LogP contribution in [0, 0.1) is 17.1 Å². The summed E-state index contributed by atoms with van der Waals surface area (Å²) in [5, 5.41) is 8.62. The van der Waals surface area contributed by atoms with Gasteiger partial charge in [0.05, 0.1) is 20.7 Å². The van der Waals surface area contributed by atoms with Crippen LogP contribution < -0.4 is 5.73 Å². The Labute approximate surface area is 81.9 Å². The van der Waals surface area contributed by atoms with Crippen LogP contribution in [-0.4, -0.2) is 0 Å². The predicted octanol–water partition coefficient (Wildman–Crippen LogP) is 2.70. The van der Waals surface area contributed by atoms with Crippen molar-refractivity contribution in [1.82, 2.24) is 0 Å². The Kier molecular flexibility index (Phi) is 2.55. The number of nitriles is 1. The van der Waals surface area contributed by atoms with Crippen molar-refractivity contribution in [1.29, 1.82) is 5.26 Å². The number of hydrogen-bond donors (Lipinski definition) is 1. The molecule has 0 fully saturated rings. The molecule has 0 atom stereocenters. The van der Waals surface area contributed by atoms with E-state index in [-0.39, 0.29) is 20.7 Å². The monoisotopic (exact) mass is 248 g/mol. The van der Waals surface area contributed by atoms with Crippen LogP contribution in [-0.2, 0) is 0 Å². The van der Waals surface area contributed by atoms with E-state index in [1.165, 1.54) is 6.07 Å². The zero-order chi connectivity index (χ0) is 9.30. The second-order valence-corrected chi connectivity index (χ2v) is 3.26. The fourth-order valence-electron chi connectivity index (χ4n) is 0.702. The zero-order valence-electron chi connectivity index (χ0n) is 5.74. The third-order valence-electron chi connectivity index (χ3n) is 1.32. The Morgan fingerprint density at radius 2 is 2.25 bits per heavy atom. The zero-order valence-corrected chi connectivity index (χ0v) is 8.08. The van der Waals surface area contributed by atoms with Gasteiger partial charge in [0.1, 0.15) is 6.07 Å². The molecule has 12 heavy (non-hydrogen) atoms. The van der Waals surface area contributed by atoms with Gasteiger partial charge in [0.25, 0.3) is 0 Å². The van der Waals surface area contributed by atoms with Crippen molar-refractivity contribution in [2.75, 3.05) is 5.73 Å². The van der Waals surface area contributed by atoms with E-state index in [0.717, 1.165) is 0 Å². The number of nitrogen functional groups attached to an aromatic ring is 1. The minimum absolute atomic E-state index is 0.0423. The summed E-state index contributed by atoms with van der Waals surface area (Å²) in [7, 11) is 0. The lowest BCUT2D eigenvalue weighted by molar-refractivity contribution is 0.625. The van der Waals surface area contributed by atoms with E-state index < -0.39 is 5.82 Å². The first-order valence-electron chi connectivity index (χ1n) is 2.91. The normalized spacial score (nSPS) is 9.50. The Morgan fingerprint density at radius 1 is 1.67 bits per heavy atom. The lowest BCUT2D eigenvalue weighted by atomic mass is 10.2. The summed E-state index contributed by atoms with van der Waals surface area (Å²) in [6, 6.07) is 3.04. The van der Waals surface area contributed by atoms with E-state index in [1.807, 2.05) is 0 Å². The van der Waals surface area contributed by atoms with Gasteiger partial charge in [-0.05, 0) is 22.0 Å². The molecule has 0 unspecified atom stereocenters. The summed E-state index contributed by atoms with van der Waals surface area (Å²) >= 11 is 8.47. The first-order valence-corrected chi connectivity index (χ1v) is 4.08. The molecule has 1 aromatic carbocycles. The Bertz CT molecular complexity index is 373. The molecule has 0 aliphatic rings. The smallest absolute Gasteiger partial charge is 0.163 e. The number of anilines is 1. The molecule has 2 nitrogen and oxygen atoms in total. The highest BCUT2D eigenvalue weighted by molar-refractivity contribution is 9.10. The van der Waals surface area contributed by atoms with Gasteiger partial charge >= 0.3 is 0 Å². The summed E-state index contributed by atoms with van der Waals surface area (Å²) < 4.78 is 13.1. The van der Waals surface area contributed by atoms with Gasteiger partial charge in [-0.2, -0.15) is 5.26 Å².